The van der Waals surface area contributed by atoms with Crippen LogP contribution in [-0.2, 0) is 11.2 Å². The van der Waals surface area contributed by atoms with Gasteiger partial charge in [-0.1, -0.05) is 0 Å². The molecule has 0 saturated heterocycles. The maximum absolute atomic E-state index is 12.9. The molecule has 0 aliphatic rings. The van der Waals surface area contributed by atoms with Gasteiger partial charge in [0.05, 0.1) is 0 Å². The maximum Gasteiger partial charge on any atom is 0.488 e. The summed E-state index contributed by atoms with van der Waals surface area (Å²) in [5.74, 6) is -3.78. The van der Waals surface area contributed by atoms with Crippen molar-refractivity contribution in [2.24, 2.45) is 5.73 Å². The monoisotopic (exact) mass is 245 g/mol. The van der Waals surface area contributed by atoms with Gasteiger partial charge >= 0.3 is 13.1 Å². The van der Waals surface area contributed by atoms with Crippen molar-refractivity contribution < 1.29 is 28.7 Å². The van der Waals surface area contributed by atoms with Gasteiger partial charge in [-0.15, -0.1) is 0 Å². The van der Waals surface area contributed by atoms with Crippen LogP contribution in [0.1, 0.15) is 5.56 Å². The van der Waals surface area contributed by atoms with Gasteiger partial charge in [0.15, 0.2) is 11.6 Å². The number of carboxylic acids is 1. The van der Waals surface area contributed by atoms with Crippen molar-refractivity contribution in [3.63, 3.8) is 0 Å². The minimum absolute atomic E-state index is 0.0613. The van der Waals surface area contributed by atoms with Crippen LogP contribution in [-0.4, -0.2) is 34.3 Å². The van der Waals surface area contributed by atoms with E-state index in [1.165, 1.54) is 0 Å². The first kappa shape index (κ1) is 13.6. The Labute approximate surface area is 95.6 Å². The van der Waals surface area contributed by atoms with Crippen LogP contribution in [0.4, 0.5) is 8.78 Å². The van der Waals surface area contributed by atoms with Crippen molar-refractivity contribution >= 4 is 18.6 Å². The summed E-state index contributed by atoms with van der Waals surface area (Å²) in [6.45, 7) is 0. The standard InChI is InChI=1S/C9H10BF2NO4/c11-6-1-4(2-8(13)9(14)15)5(10(16)17)3-7(6)12/h1,3,8,16-17H,2,13H2,(H,14,15)/t8-/m1/s1. The van der Waals surface area contributed by atoms with Gasteiger partial charge in [0.1, 0.15) is 6.04 Å². The highest BCUT2D eigenvalue weighted by Gasteiger charge is 2.22. The van der Waals surface area contributed by atoms with Crippen molar-refractivity contribution in [2.75, 3.05) is 0 Å². The highest BCUT2D eigenvalue weighted by Crippen LogP contribution is 2.09. The summed E-state index contributed by atoms with van der Waals surface area (Å²) < 4.78 is 25.8. The first-order valence-corrected chi connectivity index (χ1v) is 4.65. The van der Waals surface area contributed by atoms with Crippen LogP contribution in [0.15, 0.2) is 12.1 Å². The molecule has 5 nitrogen and oxygen atoms in total. The van der Waals surface area contributed by atoms with E-state index in [0.717, 1.165) is 0 Å². The molecule has 0 amide bonds. The average Bonchev–Trinajstić information content (AvgIpc) is 2.22. The van der Waals surface area contributed by atoms with E-state index in [0.29, 0.717) is 12.1 Å². The van der Waals surface area contributed by atoms with E-state index in [2.05, 4.69) is 0 Å². The molecule has 1 atom stereocenters. The third-order valence-electron chi connectivity index (χ3n) is 2.22. The molecule has 0 saturated carbocycles. The molecule has 0 radical (unpaired) electrons. The summed E-state index contributed by atoms with van der Waals surface area (Å²) in [7, 11) is -2.03. The third kappa shape index (κ3) is 3.22. The number of hydrogen-bond acceptors (Lipinski definition) is 4. The molecule has 0 unspecified atom stereocenters. The van der Waals surface area contributed by atoms with Gasteiger partial charge in [0.25, 0.3) is 0 Å². The van der Waals surface area contributed by atoms with E-state index in [4.69, 9.17) is 20.9 Å². The normalized spacial score (nSPS) is 12.3. The van der Waals surface area contributed by atoms with Crippen LogP contribution in [0, 0.1) is 11.6 Å². The van der Waals surface area contributed by atoms with Crippen LogP contribution in [0.2, 0.25) is 0 Å². The van der Waals surface area contributed by atoms with Crippen LogP contribution < -0.4 is 11.2 Å². The van der Waals surface area contributed by atoms with Gasteiger partial charge in [-0.25, -0.2) is 8.78 Å². The lowest BCUT2D eigenvalue weighted by molar-refractivity contribution is -0.138. The van der Waals surface area contributed by atoms with Crippen LogP contribution in [0.25, 0.3) is 0 Å². The van der Waals surface area contributed by atoms with Crippen molar-refractivity contribution in [3.05, 3.63) is 29.3 Å². The van der Waals surface area contributed by atoms with E-state index in [1.807, 2.05) is 0 Å². The van der Waals surface area contributed by atoms with Crippen molar-refractivity contribution in [2.45, 2.75) is 12.5 Å². The predicted octanol–water partition coefficient (Wildman–Crippen LogP) is -1.40. The first-order chi connectivity index (χ1) is 7.82. The zero-order valence-corrected chi connectivity index (χ0v) is 8.60. The second-order valence-corrected chi connectivity index (χ2v) is 3.49. The van der Waals surface area contributed by atoms with Crippen molar-refractivity contribution in [1.29, 1.82) is 0 Å². The predicted molar refractivity (Wildman–Crippen MR) is 55.5 cm³/mol. The summed E-state index contributed by atoms with van der Waals surface area (Å²) in [4.78, 5) is 10.5. The molecule has 1 aromatic rings. The number of aliphatic carboxylic acids is 1. The number of carboxylic acid groups (broad SMARTS) is 1. The van der Waals surface area contributed by atoms with E-state index >= 15 is 0 Å². The van der Waals surface area contributed by atoms with Crippen molar-refractivity contribution in [1.82, 2.24) is 0 Å². The Morgan fingerprint density at radius 3 is 2.35 bits per heavy atom. The molecule has 0 heterocycles. The molecule has 1 rings (SSSR count). The Kier molecular flexibility index (Phi) is 4.16. The lowest BCUT2D eigenvalue weighted by Crippen LogP contribution is -2.39. The van der Waals surface area contributed by atoms with Gasteiger partial charge in [0.2, 0.25) is 0 Å². The molecular formula is C9H10BF2NO4. The summed E-state index contributed by atoms with van der Waals surface area (Å²) in [6.07, 6.45) is -0.334. The molecule has 0 fully saturated rings. The molecule has 1 aromatic carbocycles. The van der Waals surface area contributed by atoms with Gasteiger partial charge in [-0.05, 0) is 29.6 Å². The van der Waals surface area contributed by atoms with Crippen molar-refractivity contribution in [3.8, 4) is 0 Å². The molecule has 0 aliphatic carbocycles. The first-order valence-electron chi connectivity index (χ1n) is 4.65. The fourth-order valence-electron chi connectivity index (χ4n) is 1.34. The molecule has 0 aliphatic heterocycles. The zero-order valence-electron chi connectivity index (χ0n) is 8.60. The fraction of sp³-hybridized carbons (Fsp3) is 0.222. The number of carbonyl (C=O) groups is 1. The second kappa shape index (κ2) is 5.22. The van der Waals surface area contributed by atoms with Gasteiger partial charge in [-0.3, -0.25) is 4.79 Å². The molecule has 5 N–H and O–H groups in total. The largest absolute Gasteiger partial charge is 0.488 e. The van der Waals surface area contributed by atoms with E-state index in [9.17, 15) is 13.6 Å². The highest BCUT2D eigenvalue weighted by molar-refractivity contribution is 6.59. The molecule has 8 heteroatoms. The van der Waals surface area contributed by atoms with Crippen LogP contribution in [0.3, 0.4) is 0 Å². The minimum Gasteiger partial charge on any atom is -0.480 e. The summed E-state index contributed by atoms with van der Waals surface area (Å²) in [5.41, 5.74) is 4.86. The Hall–Kier alpha value is -1.51. The topological polar surface area (TPSA) is 104 Å². The number of hydrogen-bond donors (Lipinski definition) is 4. The molecule has 0 aromatic heterocycles. The third-order valence-corrected chi connectivity index (χ3v) is 2.22. The number of halogens is 2. The second-order valence-electron chi connectivity index (χ2n) is 3.49. The van der Waals surface area contributed by atoms with Crippen LogP contribution in [0.5, 0.6) is 0 Å². The minimum atomic E-state index is -2.03. The molecular weight excluding hydrogens is 235 g/mol. The van der Waals surface area contributed by atoms with Gasteiger partial charge in [-0.2, -0.15) is 0 Å². The van der Waals surface area contributed by atoms with Gasteiger partial charge in [0, 0.05) is 0 Å². The highest BCUT2D eigenvalue weighted by atomic mass is 19.2. The average molecular weight is 245 g/mol. The lowest BCUT2D eigenvalue weighted by atomic mass is 9.75. The van der Waals surface area contributed by atoms with Gasteiger partial charge < -0.3 is 20.9 Å². The Morgan fingerprint density at radius 2 is 1.88 bits per heavy atom. The maximum atomic E-state index is 12.9. The number of rotatable bonds is 4. The summed E-state index contributed by atoms with van der Waals surface area (Å²) in [6, 6.07) is -0.0334. The Balaban J connectivity index is 3.12. The zero-order chi connectivity index (χ0) is 13.2. The van der Waals surface area contributed by atoms with E-state index in [1.54, 1.807) is 0 Å². The van der Waals surface area contributed by atoms with E-state index < -0.39 is 30.8 Å². The molecule has 17 heavy (non-hydrogen) atoms. The number of benzene rings is 1. The summed E-state index contributed by atoms with van der Waals surface area (Å²) in [5, 5.41) is 26.5. The van der Waals surface area contributed by atoms with E-state index in [-0.39, 0.29) is 17.4 Å². The quantitative estimate of drug-likeness (QED) is 0.488. The summed E-state index contributed by atoms with van der Waals surface area (Å²) >= 11 is 0. The molecule has 0 spiro atoms. The van der Waals surface area contributed by atoms with Crippen LogP contribution >= 0.6 is 0 Å². The smallest absolute Gasteiger partial charge is 0.480 e. The SMILES string of the molecule is N[C@H](Cc1cc(F)c(F)cc1B(O)O)C(=O)O. The molecule has 0 bridgehead atoms. The molecule has 92 valence electrons. The Morgan fingerprint density at radius 1 is 1.35 bits per heavy atom. The lowest BCUT2D eigenvalue weighted by Gasteiger charge is -2.12. The fourth-order valence-corrected chi connectivity index (χ4v) is 1.34. The Bertz CT molecular complexity index is 441. The number of nitrogens with two attached hydrogens (primary N) is 1.